The second-order valence-corrected chi connectivity index (χ2v) is 11.5. The van der Waals surface area contributed by atoms with Crippen LogP contribution in [0.5, 0.6) is 0 Å². The van der Waals surface area contributed by atoms with E-state index in [4.69, 9.17) is 0 Å². The molecule has 29 heavy (non-hydrogen) atoms. The second-order valence-electron chi connectivity index (χ2n) is 11.5. The highest BCUT2D eigenvalue weighted by atomic mass is 16.3. The van der Waals surface area contributed by atoms with Gasteiger partial charge in [0.2, 0.25) is 0 Å². The number of hydrogen-bond donors (Lipinski definition) is 1. The van der Waals surface area contributed by atoms with Crippen molar-refractivity contribution in [1.82, 2.24) is 0 Å². The number of hydrogen-bond acceptors (Lipinski definition) is 1. The van der Waals surface area contributed by atoms with E-state index in [1.165, 1.54) is 50.5 Å². The molecule has 8 atom stereocenters. The lowest BCUT2D eigenvalue weighted by Gasteiger charge is -2.58. The lowest BCUT2D eigenvalue weighted by atomic mass is 9.47. The zero-order chi connectivity index (χ0) is 20.2. The van der Waals surface area contributed by atoms with Gasteiger partial charge in [-0.15, -0.1) is 0 Å². The van der Waals surface area contributed by atoms with Crippen molar-refractivity contribution >= 4 is 0 Å². The van der Waals surface area contributed by atoms with Gasteiger partial charge >= 0.3 is 0 Å². The Morgan fingerprint density at radius 3 is 2.66 bits per heavy atom. The van der Waals surface area contributed by atoms with Crippen LogP contribution >= 0.6 is 0 Å². The van der Waals surface area contributed by atoms with Crippen LogP contribution in [0.25, 0.3) is 0 Å². The predicted octanol–water partition coefficient (Wildman–Crippen LogP) is 6.81. The summed E-state index contributed by atoms with van der Waals surface area (Å²) in [5, 5.41) is 11.3. The molecule has 158 valence electrons. The molecule has 4 aliphatic carbocycles. The predicted molar refractivity (Wildman–Crippen MR) is 121 cm³/mol. The highest BCUT2D eigenvalue weighted by Gasteiger charge is 2.61. The fourth-order valence-corrected chi connectivity index (χ4v) is 8.89. The van der Waals surface area contributed by atoms with Gasteiger partial charge in [0.15, 0.2) is 0 Å². The van der Waals surface area contributed by atoms with Crippen molar-refractivity contribution in [1.29, 1.82) is 0 Å². The maximum absolute atomic E-state index is 11.3. The summed E-state index contributed by atoms with van der Waals surface area (Å²) in [6, 6.07) is 10.9. The Morgan fingerprint density at radius 1 is 1.07 bits per heavy atom. The Labute approximate surface area is 178 Å². The van der Waals surface area contributed by atoms with Crippen molar-refractivity contribution in [2.24, 2.45) is 40.4 Å². The van der Waals surface area contributed by atoms with E-state index in [-0.39, 0.29) is 6.10 Å². The number of fused-ring (bicyclic) bond motifs is 5. The number of allylic oxidation sites excluding steroid dienone is 2. The van der Waals surface area contributed by atoms with Crippen LogP contribution in [0.1, 0.15) is 77.7 Å². The Hall–Kier alpha value is -1.08. The van der Waals surface area contributed by atoms with Crippen LogP contribution in [-0.4, -0.2) is 11.2 Å². The van der Waals surface area contributed by atoms with Gasteiger partial charge in [-0.2, -0.15) is 0 Å². The maximum Gasteiger partial charge on any atom is 0.0579 e. The standard InChI is InChI=1S/C28H40O/c1-19(17-20-9-5-4-6-10-20)26-25(29)18-24-22-13-12-21-11-7-8-15-27(21,2)23(22)14-16-28(24,26)3/h4-6,9-10,12,19,22-26,29H,7-8,11,13-18H2,1-3H3/t19?,22-,23+,24+,25?,26+,27+,28+/m1/s1. The summed E-state index contributed by atoms with van der Waals surface area (Å²) in [7, 11) is 0. The van der Waals surface area contributed by atoms with E-state index in [0.717, 1.165) is 24.7 Å². The van der Waals surface area contributed by atoms with Gasteiger partial charge < -0.3 is 5.11 Å². The quantitative estimate of drug-likeness (QED) is 0.560. The van der Waals surface area contributed by atoms with Gasteiger partial charge in [-0.1, -0.05) is 69.2 Å². The third kappa shape index (κ3) is 3.06. The molecular formula is C28H40O. The molecule has 0 heterocycles. The van der Waals surface area contributed by atoms with Crippen molar-refractivity contribution in [2.75, 3.05) is 0 Å². The Morgan fingerprint density at radius 2 is 1.86 bits per heavy atom. The molecule has 0 bridgehead atoms. The first kappa shape index (κ1) is 19.9. The van der Waals surface area contributed by atoms with Crippen molar-refractivity contribution in [3.8, 4) is 0 Å². The normalized spacial score (nSPS) is 45.0. The first-order valence-corrected chi connectivity index (χ1v) is 12.3. The molecule has 1 N–H and O–H groups in total. The summed E-state index contributed by atoms with van der Waals surface area (Å²) in [6.07, 6.45) is 14.2. The summed E-state index contributed by atoms with van der Waals surface area (Å²) >= 11 is 0. The molecule has 0 aromatic heterocycles. The molecule has 0 amide bonds. The molecule has 1 aromatic rings. The van der Waals surface area contributed by atoms with E-state index in [9.17, 15) is 5.11 Å². The Balaban J connectivity index is 1.41. The van der Waals surface area contributed by atoms with E-state index < -0.39 is 0 Å². The first-order chi connectivity index (χ1) is 13.9. The highest BCUT2D eigenvalue weighted by molar-refractivity contribution is 5.25. The van der Waals surface area contributed by atoms with Gasteiger partial charge in [0.1, 0.15) is 0 Å². The van der Waals surface area contributed by atoms with Crippen LogP contribution in [0.15, 0.2) is 42.0 Å². The van der Waals surface area contributed by atoms with Gasteiger partial charge in [0.25, 0.3) is 0 Å². The molecule has 4 aliphatic rings. The second kappa shape index (κ2) is 7.26. The lowest BCUT2D eigenvalue weighted by Crippen LogP contribution is -2.50. The summed E-state index contributed by atoms with van der Waals surface area (Å²) in [5.74, 6) is 3.34. The van der Waals surface area contributed by atoms with Crippen molar-refractivity contribution in [3.63, 3.8) is 0 Å². The van der Waals surface area contributed by atoms with Crippen LogP contribution in [0, 0.1) is 40.4 Å². The van der Waals surface area contributed by atoms with E-state index in [0.29, 0.717) is 28.6 Å². The molecule has 0 saturated heterocycles. The van der Waals surface area contributed by atoms with E-state index in [2.05, 4.69) is 57.2 Å². The Bertz CT molecular complexity index is 766. The van der Waals surface area contributed by atoms with Crippen molar-refractivity contribution in [3.05, 3.63) is 47.5 Å². The maximum atomic E-state index is 11.3. The highest BCUT2D eigenvalue weighted by Crippen LogP contribution is 2.67. The minimum atomic E-state index is -0.119. The summed E-state index contributed by atoms with van der Waals surface area (Å²) in [6.45, 7) is 7.55. The molecule has 1 aromatic carbocycles. The van der Waals surface area contributed by atoms with Gasteiger partial charge in [0, 0.05) is 0 Å². The average Bonchev–Trinajstić information content (AvgIpc) is 2.98. The molecule has 3 saturated carbocycles. The summed E-state index contributed by atoms with van der Waals surface area (Å²) in [5.41, 5.74) is 3.99. The van der Waals surface area contributed by atoms with Gasteiger partial charge in [-0.3, -0.25) is 0 Å². The average molecular weight is 393 g/mol. The molecule has 5 rings (SSSR count). The molecule has 0 spiro atoms. The van der Waals surface area contributed by atoms with Gasteiger partial charge in [-0.25, -0.2) is 0 Å². The third-order valence-corrected chi connectivity index (χ3v) is 10.1. The molecular weight excluding hydrogens is 352 g/mol. The SMILES string of the molecule is CC(Cc1ccccc1)[C@H]1C(O)C[C@H]2[C@@H]3CC=C4CCCC[C@]4(C)[C@H]3CC[C@]12C. The molecule has 0 radical (unpaired) electrons. The van der Waals surface area contributed by atoms with E-state index in [1.54, 1.807) is 5.57 Å². The smallest absolute Gasteiger partial charge is 0.0579 e. The van der Waals surface area contributed by atoms with E-state index in [1.807, 2.05) is 0 Å². The minimum absolute atomic E-state index is 0.119. The zero-order valence-corrected chi connectivity index (χ0v) is 18.7. The fraction of sp³-hybridized carbons (Fsp3) is 0.714. The fourth-order valence-electron chi connectivity index (χ4n) is 8.89. The largest absolute Gasteiger partial charge is 0.393 e. The Kier molecular flexibility index (Phi) is 4.97. The molecule has 1 nitrogen and oxygen atoms in total. The summed E-state index contributed by atoms with van der Waals surface area (Å²) in [4.78, 5) is 0. The van der Waals surface area contributed by atoms with Crippen LogP contribution in [0.3, 0.4) is 0 Å². The minimum Gasteiger partial charge on any atom is -0.393 e. The molecule has 1 heteroatoms. The zero-order valence-electron chi connectivity index (χ0n) is 18.7. The number of benzene rings is 1. The topological polar surface area (TPSA) is 20.2 Å². The first-order valence-electron chi connectivity index (χ1n) is 12.3. The molecule has 2 unspecified atom stereocenters. The number of aliphatic hydroxyl groups is 1. The molecule has 0 aliphatic heterocycles. The van der Waals surface area contributed by atoms with Gasteiger partial charge in [-0.05, 0) is 97.3 Å². The number of rotatable bonds is 3. The number of aliphatic hydroxyl groups excluding tert-OH is 1. The van der Waals surface area contributed by atoms with Crippen LogP contribution in [0.2, 0.25) is 0 Å². The van der Waals surface area contributed by atoms with Gasteiger partial charge in [0.05, 0.1) is 6.10 Å². The lowest BCUT2D eigenvalue weighted by molar-refractivity contribution is -0.0548. The van der Waals surface area contributed by atoms with Crippen LogP contribution in [0.4, 0.5) is 0 Å². The summed E-state index contributed by atoms with van der Waals surface area (Å²) < 4.78 is 0. The van der Waals surface area contributed by atoms with E-state index >= 15 is 0 Å². The van der Waals surface area contributed by atoms with Crippen molar-refractivity contribution < 1.29 is 5.11 Å². The molecule has 3 fully saturated rings. The van der Waals surface area contributed by atoms with Crippen LogP contribution < -0.4 is 0 Å². The van der Waals surface area contributed by atoms with Crippen molar-refractivity contribution in [2.45, 2.75) is 84.7 Å². The third-order valence-electron chi connectivity index (χ3n) is 10.1. The monoisotopic (exact) mass is 392 g/mol. The van der Waals surface area contributed by atoms with Crippen LogP contribution in [-0.2, 0) is 6.42 Å².